The highest BCUT2D eigenvalue weighted by atomic mass is 16.7. The molecule has 2 atom stereocenters. The first kappa shape index (κ1) is 17.7. The Morgan fingerprint density at radius 3 is 2.52 bits per heavy atom. The summed E-state index contributed by atoms with van der Waals surface area (Å²) in [5.74, 6) is -0.518. The standard InChI is InChI=1S/C16H25NO6/c1-11(22-15(19)12-7-9-21-10-8-12)23-16(20)17(2)13-5-3-4-6-14(13)18/h11-13H,3-10H2,1-2H3/t11?,13-/m1/s1. The summed E-state index contributed by atoms with van der Waals surface area (Å²) in [5.41, 5.74) is 0. The summed E-state index contributed by atoms with van der Waals surface area (Å²) in [5, 5.41) is 0. The predicted octanol–water partition coefficient (Wildman–Crippen LogP) is 1.88. The fourth-order valence-corrected chi connectivity index (χ4v) is 2.94. The van der Waals surface area contributed by atoms with Gasteiger partial charge in [0.25, 0.3) is 0 Å². The quantitative estimate of drug-likeness (QED) is 0.579. The molecule has 2 aliphatic rings. The van der Waals surface area contributed by atoms with Crippen molar-refractivity contribution in [3.8, 4) is 0 Å². The van der Waals surface area contributed by atoms with Crippen LogP contribution in [0.4, 0.5) is 4.79 Å². The number of likely N-dealkylation sites (N-methyl/N-ethyl adjacent to an activating group) is 1. The van der Waals surface area contributed by atoms with Gasteiger partial charge in [-0.25, -0.2) is 4.79 Å². The minimum absolute atomic E-state index is 0.0579. The molecule has 2 fully saturated rings. The van der Waals surface area contributed by atoms with Crippen molar-refractivity contribution in [3.63, 3.8) is 0 Å². The van der Waals surface area contributed by atoms with Gasteiger partial charge in [0.1, 0.15) is 0 Å². The minimum Gasteiger partial charge on any atom is -0.425 e. The molecular formula is C16H25NO6. The van der Waals surface area contributed by atoms with Crippen LogP contribution in [0.2, 0.25) is 0 Å². The molecule has 7 heteroatoms. The fraction of sp³-hybridized carbons (Fsp3) is 0.812. The summed E-state index contributed by atoms with van der Waals surface area (Å²) in [4.78, 5) is 37.2. The van der Waals surface area contributed by atoms with Crippen molar-refractivity contribution in [1.29, 1.82) is 0 Å². The molecule has 1 aliphatic heterocycles. The molecule has 23 heavy (non-hydrogen) atoms. The zero-order chi connectivity index (χ0) is 16.8. The fourth-order valence-electron chi connectivity index (χ4n) is 2.94. The van der Waals surface area contributed by atoms with Gasteiger partial charge in [-0.3, -0.25) is 9.59 Å². The monoisotopic (exact) mass is 327 g/mol. The van der Waals surface area contributed by atoms with Crippen molar-refractivity contribution in [2.24, 2.45) is 5.92 Å². The zero-order valence-corrected chi connectivity index (χ0v) is 13.8. The lowest BCUT2D eigenvalue weighted by Crippen LogP contribution is -2.45. The molecule has 1 amide bonds. The predicted molar refractivity (Wildman–Crippen MR) is 80.6 cm³/mol. The average Bonchev–Trinajstić information content (AvgIpc) is 2.55. The smallest absolute Gasteiger partial charge is 0.413 e. The first-order chi connectivity index (χ1) is 11.0. The molecule has 1 saturated carbocycles. The van der Waals surface area contributed by atoms with Crippen molar-refractivity contribution < 1.29 is 28.6 Å². The van der Waals surface area contributed by atoms with Crippen molar-refractivity contribution in [1.82, 2.24) is 4.90 Å². The number of Topliss-reactive ketones (excluding diaryl/α,β-unsaturated/α-hetero) is 1. The van der Waals surface area contributed by atoms with Gasteiger partial charge in [-0.2, -0.15) is 0 Å². The SMILES string of the molecule is CC(OC(=O)C1CCOCC1)OC(=O)N(C)[C@@H]1CCCCC1=O. The van der Waals surface area contributed by atoms with E-state index in [2.05, 4.69) is 0 Å². The molecule has 2 rings (SSSR count). The molecule has 1 saturated heterocycles. The van der Waals surface area contributed by atoms with E-state index >= 15 is 0 Å². The van der Waals surface area contributed by atoms with Gasteiger partial charge in [-0.1, -0.05) is 6.42 Å². The van der Waals surface area contributed by atoms with Gasteiger partial charge in [-0.15, -0.1) is 0 Å². The van der Waals surface area contributed by atoms with Crippen LogP contribution in [0.25, 0.3) is 0 Å². The van der Waals surface area contributed by atoms with Crippen LogP contribution in [-0.4, -0.2) is 55.3 Å². The number of carbonyl (C=O) groups excluding carboxylic acids is 3. The largest absolute Gasteiger partial charge is 0.425 e. The van der Waals surface area contributed by atoms with Crippen molar-refractivity contribution >= 4 is 17.8 Å². The summed E-state index contributed by atoms with van der Waals surface area (Å²) in [7, 11) is 1.54. The van der Waals surface area contributed by atoms with Gasteiger partial charge in [0.2, 0.25) is 6.29 Å². The van der Waals surface area contributed by atoms with Gasteiger partial charge in [0, 0.05) is 33.6 Å². The van der Waals surface area contributed by atoms with Gasteiger partial charge >= 0.3 is 12.1 Å². The highest BCUT2D eigenvalue weighted by Crippen LogP contribution is 2.20. The molecular weight excluding hydrogens is 302 g/mol. The highest BCUT2D eigenvalue weighted by molar-refractivity contribution is 5.87. The second-order valence-corrected chi connectivity index (χ2v) is 6.11. The van der Waals surface area contributed by atoms with Gasteiger partial charge in [-0.05, 0) is 25.7 Å². The second kappa shape index (κ2) is 8.29. The molecule has 1 heterocycles. The summed E-state index contributed by atoms with van der Waals surface area (Å²) >= 11 is 0. The molecule has 0 aromatic carbocycles. The number of hydrogen-bond acceptors (Lipinski definition) is 6. The number of carbonyl (C=O) groups is 3. The Hall–Kier alpha value is -1.63. The van der Waals surface area contributed by atoms with E-state index in [9.17, 15) is 14.4 Å². The lowest BCUT2D eigenvalue weighted by Gasteiger charge is -2.30. The molecule has 0 radical (unpaired) electrons. The zero-order valence-electron chi connectivity index (χ0n) is 13.8. The summed E-state index contributed by atoms with van der Waals surface area (Å²) in [6.07, 6.45) is 2.57. The molecule has 130 valence electrons. The van der Waals surface area contributed by atoms with E-state index < -0.39 is 18.4 Å². The molecule has 0 bridgehead atoms. The van der Waals surface area contributed by atoms with Gasteiger partial charge < -0.3 is 19.1 Å². The van der Waals surface area contributed by atoms with E-state index in [1.807, 2.05) is 0 Å². The highest BCUT2D eigenvalue weighted by Gasteiger charge is 2.31. The Labute approximate surface area is 136 Å². The van der Waals surface area contributed by atoms with Crippen LogP contribution in [0.1, 0.15) is 45.4 Å². The first-order valence-electron chi connectivity index (χ1n) is 8.23. The second-order valence-electron chi connectivity index (χ2n) is 6.11. The Morgan fingerprint density at radius 1 is 1.17 bits per heavy atom. The molecule has 0 aromatic heterocycles. The topological polar surface area (TPSA) is 82.1 Å². The number of ether oxygens (including phenoxy) is 3. The Kier molecular flexibility index (Phi) is 6.38. The number of rotatable bonds is 4. The van der Waals surface area contributed by atoms with Gasteiger partial charge in [0.05, 0.1) is 12.0 Å². The van der Waals surface area contributed by atoms with Crippen LogP contribution in [0, 0.1) is 5.92 Å². The molecule has 0 aromatic rings. The average molecular weight is 327 g/mol. The van der Waals surface area contributed by atoms with Crippen LogP contribution in [0.15, 0.2) is 0 Å². The summed E-state index contributed by atoms with van der Waals surface area (Å²) in [6.45, 7) is 2.59. The van der Waals surface area contributed by atoms with E-state index in [0.717, 1.165) is 12.8 Å². The van der Waals surface area contributed by atoms with E-state index in [-0.39, 0.29) is 17.7 Å². The van der Waals surface area contributed by atoms with E-state index in [0.29, 0.717) is 38.9 Å². The number of ketones is 1. The summed E-state index contributed by atoms with van der Waals surface area (Å²) in [6, 6.07) is -0.436. The normalized spacial score (nSPS) is 23.9. The maximum Gasteiger partial charge on any atom is 0.413 e. The van der Waals surface area contributed by atoms with Crippen LogP contribution < -0.4 is 0 Å². The van der Waals surface area contributed by atoms with Crippen molar-refractivity contribution in [2.45, 2.75) is 57.8 Å². The molecule has 1 aliphatic carbocycles. The maximum atomic E-state index is 12.1. The Morgan fingerprint density at radius 2 is 1.87 bits per heavy atom. The number of amides is 1. The minimum atomic E-state index is -0.973. The third-order valence-electron chi connectivity index (χ3n) is 4.38. The van der Waals surface area contributed by atoms with E-state index in [1.165, 1.54) is 11.8 Å². The van der Waals surface area contributed by atoms with Crippen molar-refractivity contribution in [2.75, 3.05) is 20.3 Å². The molecule has 0 N–H and O–H groups in total. The third kappa shape index (κ3) is 4.92. The molecule has 7 nitrogen and oxygen atoms in total. The van der Waals surface area contributed by atoms with Crippen LogP contribution >= 0.6 is 0 Å². The lowest BCUT2D eigenvalue weighted by atomic mass is 9.93. The Balaban J connectivity index is 1.79. The van der Waals surface area contributed by atoms with Crippen LogP contribution in [-0.2, 0) is 23.8 Å². The summed E-state index contributed by atoms with van der Waals surface area (Å²) < 4.78 is 15.5. The Bertz CT molecular complexity index is 446. The lowest BCUT2D eigenvalue weighted by molar-refractivity contribution is -0.174. The third-order valence-corrected chi connectivity index (χ3v) is 4.38. The number of nitrogens with zero attached hydrogens (tertiary/aromatic N) is 1. The molecule has 1 unspecified atom stereocenters. The molecule has 0 spiro atoms. The first-order valence-corrected chi connectivity index (χ1v) is 8.23. The van der Waals surface area contributed by atoms with Crippen LogP contribution in [0.5, 0.6) is 0 Å². The number of esters is 1. The van der Waals surface area contributed by atoms with Gasteiger partial charge in [0.15, 0.2) is 5.78 Å². The maximum absolute atomic E-state index is 12.1. The number of hydrogen-bond donors (Lipinski definition) is 0. The van der Waals surface area contributed by atoms with Crippen molar-refractivity contribution in [3.05, 3.63) is 0 Å². The van der Waals surface area contributed by atoms with E-state index in [1.54, 1.807) is 7.05 Å². The van der Waals surface area contributed by atoms with E-state index in [4.69, 9.17) is 14.2 Å². The van der Waals surface area contributed by atoms with Crippen LogP contribution in [0.3, 0.4) is 0 Å².